The SMILES string of the molecule is COc1ccc(-n2c(C)nnc2C(Br)(Br)Br)cn1. The lowest BCUT2D eigenvalue weighted by Gasteiger charge is -2.14. The first-order chi connectivity index (χ1) is 8.43. The molecule has 0 aliphatic carbocycles. The topological polar surface area (TPSA) is 52.8 Å². The van der Waals surface area contributed by atoms with Crippen LogP contribution in [0.15, 0.2) is 18.3 Å². The fraction of sp³-hybridized carbons (Fsp3) is 0.300. The fourth-order valence-electron chi connectivity index (χ4n) is 1.48. The highest BCUT2D eigenvalue weighted by molar-refractivity contribution is 9.38. The molecule has 0 radical (unpaired) electrons. The van der Waals surface area contributed by atoms with Gasteiger partial charge < -0.3 is 4.74 Å². The molecule has 96 valence electrons. The van der Waals surface area contributed by atoms with Gasteiger partial charge in [0, 0.05) is 6.07 Å². The van der Waals surface area contributed by atoms with E-state index in [4.69, 9.17) is 4.74 Å². The first-order valence-electron chi connectivity index (χ1n) is 4.93. The number of rotatable bonds is 2. The van der Waals surface area contributed by atoms with Crippen molar-refractivity contribution < 1.29 is 4.74 Å². The second-order valence-corrected chi connectivity index (χ2v) is 10.2. The molecule has 5 nitrogen and oxygen atoms in total. The van der Waals surface area contributed by atoms with Crippen molar-refractivity contribution in [2.45, 2.75) is 9.07 Å². The van der Waals surface area contributed by atoms with Gasteiger partial charge in [-0.25, -0.2) is 4.98 Å². The standard InChI is InChI=1S/C10H9Br3N4O/c1-6-15-16-9(10(11,12)13)17(6)7-3-4-8(18-2)14-5-7/h3-5H,1-2H3. The smallest absolute Gasteiger partial charge is 0.213 e. The van der Waals surface area contributed by atoms with Crippen LogP contribution in [0, 0.1) is 6.92 Å². The van der Waals surface area contributed by atoms with Crippen LogP contribution in [0.5, 0.6) is 5.88 Å². The van der Waals surface area contributed by atoms with Crippen LogP contribution in [0.1, 0.15) is 11.6 Å². The summed E-state index contributed by atoms with van der Waals surface area (Å²) in [5.41, 5.74) is 0.857. The molecule has 0 aliphatic rings. The number of aryl methyl sites for hydroxylation is 1. The van der Waals surface area contributed by atoms with Gasteiger partial charge in [-0.05, 0) is 13.0 Å². The van der Waals surface area contributed by atoms with Crippen molar-refractivity contribution in [3.63, 3.8) is 0 Å². The molecule has 2 aromatic heterocycles. The van der Waals surface area contributed by atoms with Gasteiger partial charge in [-0.15, -0.1) is 10.2 Å². The average Bonchev–Trinajstić information content (AvgIpc) is 2.71. The average molecular weight is 441 g/mol. The van der Waals surface area contributed by atoms with Crippen molar-refractivity contribution in [3.05, 3.63) is 30.0 Å². The lowest BCUT2D eigenvalue weighted by molar-refractivity contribution is 0.398. The molecule has 0 atom stereocenters. The molecule has 0 N–H and O–H groups in total. The highest BCUT2D eigenvalue weighted by Crippen LogP contribution is 2.44. The number of pyridine rings is 1. The van der Waals surface area contributed by atoms with E-state index in [1.165, 1.54) is 0 Å². The van der Waals surface area contributed by atoms with Gasteiger partial charge in [-0.3, -0.25) is 4.57 Å². The molecule has 2 aromatic rings. The number of halogens is 3. The number of ether oxygens (including phenoxy) is 1. The normalized spacial score (nSPS) is 11.6. The second kappa shape index (κ2) is 5.26. The molecule has 0 bridgehead atoms. The van der Waals surface area contributed by atoms with E-state index in [9.17, 15) is 0 Å². The van der Waals surface area contributed by atoms with Gasteiger partial charge in [0.25, 0.3) is 0 Å². The first kappa shape index (κ1) is 14.0. The minimum Gasteiger partial charge on any atom is -0.481 e. The minimum absolute atomic E-state index is 0.564. The monoisotopic (exact) mass is 438 g/mol. The summed E-state index contributed by atoms with van der Waals surface area (Å²) in [5, 5.41) is 8.19. The predicted octanol–water partition coefficient (Wildman–Crippen LogP) is 3.27. The third kappa shape index (κ3) is 2.75. The Morgan fingerprint density at radius 3 is 2.44 bits per heavy atom. The largest absolute Gasteiger partial charge is 0.481 e. The van der Waals surface area contributed by atoms with Gasteiger partial charge in [-0.2, -0.15) is 0 Å². The molecule has 2 rings (SSSR count). The molecule has 8 heteroatoms. The van der Waals surface area contributed by atoms with E-state index in [0.717, 1.165) is 11.5 Å². The van der Waals surface area contributed by atoms with Gasteiger partial charge in [0.05, 0.1) is 19.0 Å². The van der Waals surface area contributed by atoms with Crippen molar-refractivity contribution in [1.29, 1.82) is 0 Å². The van der Waals surface area contributed by atoms with Crippen molar-refractivity contribution >= 4 is 47.8 Å². The molecule has 0 saturated heterocycles. The maximum Gasteiger partial charge on any atom is 0.213 e. The second-order valence-electron chi connectivity index (χ2n) is 3.46. The summed E-state index contributed by atoms with van der Waals surface area (Å²) in [4.78, 5) is 4.17. The maximum absolute atomic E-state index is 5.03. The van der Waals surface area contributed by atoms with E-state index in [-0.39, 0.29) is 0 Å². The van der Waals surface area contributed by atoms with E-state index in [2.05, 4.69) is 63.0 Å². The van der Waals surface area contributed by atoms with Crippen molar-refractivity contribution in [2.24, 2.45) is 0 Å². The lowest BCUT2D eigenvalue weighted by atomic mass is 10.4. The van der Waals surface area contributed by atoms with Gasteiger partial charge >= 0.3 is 0 Å². The number of hydrogen-bond donors (Lipinski definition) is 0. The zero-order valence-corrected chi connectivity index (χ0v) is 14.3. The summed E-state index contributed by atoms with van der Waals surface area (Å²) in [6.07, 6.45) is 1.71. The van der Waals surface area contributed by atoms with Crippen LogP contribution in [0.25, 0.3) is 5.69 Å². The Bertz CT molecular complexity index is 547. The fourth-order valence-corrected chi connectivity index (χ4v) is 2.25. The van der Waals surface area contributed by atoms with Gasteiger partial charge in [0.1, 0.15) is 5.82 Å². The summed E-state index contributed by atoms with van der Waals surface area (Å²) < 4.78 is 6.28. The zero-order valence-electron chi connectivity index (χ0n) is 9.56. The molecular formula is C10H9Br3N4O. The molecule has 0 spiro atoms. The molecule has 0 aromatic carbocycles. The van der Waals surface area contributed by atoms with Crippen LogP contribution < -0.4 is 4.74 Å². The summed E-state index contributed by atoms with van der Waals surface area (Å²) in [5.74, 6) is 2.00. The summed E-state index contributed by atoms with van der Waals surface area (Å²) in [6, 6.07) is 3.68. The quantitative estimate of drug-likeness (QED) is 0.672. The van der Waals surface area contributed by atoms with Crippen LogP contribution >= 0.6 is 47.8 Å². The van der Waals surface area contributed by atoms with Crippen LogP contribution in [0.4, 0.5) is 0 Å². The van der Waals surface area contributed by atoms with Gasteiger partial charge in [0.2, 0.25) is 5.88 Å². The molecular weight excluding hydrogens is 432 g/mol. The maximum atomic E-state index is 5.03. The Kier molecular flexibility index (Phi) is 4.08. The first-order valence-corrected chi connectivity index (χ1v) is 7.31. The van der Waals surface area contributed by atoms with E-state index >= 15 is 0 Å². The van der Waals surface area contributed by atoms with Crippen molar-refractivity contribution in [2.75, 3.05) is 7.11 Å². The molecule has 0 fully saturated rings. The van der Waals surface area contributed by atoms with Crippen LogP contribution in [-0.2, 0) is 2.14 Å². The van der Waals surface area contributed by atoms with E-state index in [1.807, 2.05) is 17.6 Å². The Morgan fingerprint density at radius 1 is 1.22 bits per heavy atom. The Balaban J connectivity index is 2.52. The highest BCUT2D eigenvalue weighted by atomic mass is 80.0. The molecule has 0 amide bonds. The van der Waals surface area contributed by atoms with Crippen LogP contribution in [0.3, 0.4) is 0 Å². The third-order valence-electron chi connectivity index (χ3n) is 2.27. The van der Waals surface area contributed by atoms with Gasteiger partial charge in [0.15, 0.2) is 7.97 Å². The molecule has 0 saturated carbocycles. The molecule has 0 aliphatic heterocycles. The predicted molar refractivity (Wildman–Crippen MR) is 78.9 cm³/mol. The number of hydrogen-bond acceptors (Lipinski definition) is 4. The molecule has 0 unspecified atom stereocenters. The molecule has 18 heavy (non-hydrogen) atoms. The van der Waals surface area contributed by atoms with Gasteiger partial charge in [-0.1, -0.05) is 47.8 Å². The van der Waals surface area contributed by atoms with Crippen LogP contribution in [0.2, 0.25) is 0 Å². The van der Waals surface area contributed by atoms with Crippen molar-refractivity contribution in [1.82, 2.24) is 19.7 Å². The third-order valence-corrected chi connectivity index (χ3v) is 3.33. The highest BCUT2D eigenvalue weighted by Gasteiger charge is 2.29. The molecule has 2 heterocycles. The number of alkyl halides is 3. The Labute approximate surface area is 129 Å². The summed E-state index contributed by atoms with van der Waals surface area (Å²) in [6.45, 7) is 1.87. The van der Waals surface area contributed by atoms with Crippen LogP contribution in [-0.4, -0.2) is 26.9 Å². The Hall–Kier alpha value is -0.470. The number of nitrogens with zero attached hydrogens (tertiary/aromatic N) is 4. The van der Waals surface area contributed by atoms with Crippen molar-refractivity contribution in [3.8, 4) is 11.6 Å². The minimum atomic E-state index is -0.631. The number of aromatic nitrogens is 4. The Morgan fingerprint density at radius 2 is 1.94 bits per heavy atom. The summed E-state index contributed by atoms with van der Waals surface area (Å²) >= 11 is 10.3. The van der Waals surface area contributed by atoms with E-state index in [0.29, 0.717) is 11.7 Å². The number of methoxy groups -OCH3 is 1. The zero-order chi connectivity index (χ0) is 13.3. The van der Waals surface area contributed by atoms with E-state index in [1.54, 1.807) is 19.4 Å². The summed E-state index contributed by atoms with van der Waals surface area (Å²) in [7, 11) is 1.58. The lowest BCUT2D eigenvalue weighted by Crippen LogP contribution is -2.10. The van der Waals surface area contributed by atoms with E-state index < -0.39 is 2.14 Å².